The second-order valence-corrected chi connectivity index (χ2v) is 18.4. The summed E-state index contributed by atoms with van der Waals surface area (Å²) in [6.45, 7) is 4.74. The maximum Gasteiger partial charge on any atom is 0.135 e. The molecular weight excluding hydrogens is 799 g/mol. The highest BCUT2D eigenvalue weighted by molar-refractivity contribution is 6.08. The highest BCUT2D eigenvalue weighted by Gasteiger charge is 2.47. The lowest BCUT2D eigenvalue weighted by Crippen LogP contribution is -2.28. The van der Waals surface area contributed by atoms with Crippen LogP contribution >= 0.6 is 0 Å². The number of anilines is 3. The van der Waals surface area contributed by atoms with Crippen LogP contribution in [0.3, 0.4) is 0 Å². The van der Waals surface area contributed by atoms with Crippen LogP contribution in [0.15, 0.2) is 241 Å². The van der Waals surface area contributed by atoms with Gasteiger partial charge in [0, 0.05) is 33.1 Å². The Morgan fingerprint density at radius 2 is 0.848 bits per heavy atom. The Hall–Kier alpha value is -8.20. The minimum atomic E-state index is -0.515. The lowest BCUT2D eigenvalue weighted by atomic mass is 9.68. The Morgan fingerprint density at radius 1 is 0.348 bits per heavy atom. The summed E-state index contributed by atoms with van der Waals surface area (Å²) < 4.78 is 6.38. The Balaban J connectivity index is 1.00. The second kappa shape index (κ2) is 14.7. The monoisotopic (exact) mass is 843 g/mol. The minimum absolute atomic E-state index is 0.157. The zero-order valence-electron chi connectivity index (χ0n) is 36.9. The normalized spacial score (nSPS) is 13.8. The van der Waals surface area contributed by atoms with Crippen LogP contribution in [0.4, 0.5) is 17.1 Å². The van der Waals surface area contributed by atoms with Gasteiger partial charge in [0.15, 0.2) is 0 Å². The fraction of sp³-hybridized carbons (Fsp3) is 0.0625. The van der Waals surface area contributed by atoms with Crippen molar-refractivity contribution in [1.82, 2.24) is 0 Å². The quantitative estimate of drug-likeness (QED) is 0.159. The summed E-state index contributed by atoms with van der Waals surface area (Å²) in [6.07, 6.45) is 0. The highest BCUT2D eigenvalue weighted by Crippen LogP contribution is 2.60. The van der Waals surface area contributed by atoms with Crippen LogP contribution in [0, 0.1) is 0 Å². The van der Waals surface area contributed by atoms with Gasteiger partial charge in [0.05, 0.1) is 11.1 Å². The zero-order chi connectivity index (χ0) is 44.0. The molecule has 0 bridgehead atoms. The van der Waals surface area contributed by atoms with Gasteiger partial charge >= 0.3 is 0 Å². The molecule has 2 aliphatic rings. The molecule has 2 aliphatic carbocycles. The second-order valence-electron chi connectivity index (χ2n) is 18.4. The van der Waals surface area contributed by atoms with E-state index in [0.717, 1.165) is 50.1 Å². The third-order valence-electron chi connectivity index (χ3n) is 14.6. The maximum absolute atomic E-state index is 6.38. The van der Waals surface area contributed by atoms with Crippen molar-refractivity contribution in [2.24, 2.45) is 0 Å². The highest BCUT2D eigenvalue weighted by atomic mass is 16.3. The Morgan fingerprint density at radius 3 is 1.50 bits per heavy atom. The summed E-state index contributed by atoms with van der Waals surface area (Å²) in [5.74, 6) is 0. The third-order valence-corrected chi connectivity index (χ3v) is 14.6. The van der Waals surface area contributed by atoms with E-state index in [9.17, 15) is 0 Å². The van der Waals surface area contributed by atoms with Crippen LogP contribution in [0.5, 0.6) is 0 Å². The van der Waals surface area contributed by atoms with Crippen molar-refractivity contribution < 1.29 is 4.42 Å². The van der Waals surface area contributed by atoms with Crippen LogP contribution in [-0.4, -0.2) is 0 Å². The van der Waals surface area contributed by atoms with Gasteiger partial charge in [0.2, 0.25) is 0 Å². The lowest BCUT2D eigenvalue weighted by molar-refractivity contribution is 0.660. The Labute approximate surface area is 385 Å². The van der Waals surface area contributed by atoms with Crippen molar-refractivity contribution in [1.29, 1.82) is 0 Å². The largest absolute Gasteiger partial charge is 0.456 e. The smallest absolute Gasteiger partial charge is 0.135 e. The molecule has 312 valence electrons. The molecule has 0 spiro atoms. The van der Waals surface area contributed by atoms with E-state index in [2.05, 4.69) is 255 Å². The van der Waals surface area contributed by atoms with E-state index in [0.29, 0.717) is 0 Å². The molecule has 1 aromatic heterocycles. The maximum atomic E-state index is 6.38. The van der Waals surface area contributed by atoms with Gasteiger partial charge in [-0.1, -0.05) is 196 Å². The third kappa shape index (κ3) is 5.61. The fourth-order valence-corrected chi connectivity index (χ4v) is 11.5. The molecule has 1 heterocycles. The summed E-state index contributed by atoms with van der Waals surface area (Å²) in [7, 11) is 0. The topological polar surface area (TPSA) is 16.4 Å². The van der Waals surface area contributed by atoms with E-state index in [1.165, 1.54) is 66.8 Å². The Bertz CT molecular complexity index is 3620. The lowest BCUT2D eigenvalue weighted by Gasteiger charge is -2.34. The molecule has 2 heteroatoms. The molecule has 10 aromatic carbocycles. The van der Waals surface area contributed by atoms with Crippen molar-refractivity contribution in [3.05, 3.63) is 270 Å². The molecule has 0 unspecified atom stereocenters. The first-order valence-corrected chi connectivity index (χ1v) is 23.0. The fourth-order valence-electron chi connectivity index (χ4n) is 11.5. The van der Waals surface area contributed by atoms with Gasteiger partial charge in [-0.15, -0.1) is 0 Å². The minimum Gasteiger partial charge on any atom is -0.456 e. The molecule has 0 fully saturated rings. The van der Waals surface area contributed by atoms with Crippen LogP contribution in [0.2, 0.25) is 0 Å². The van der Waals surface area contributed by atoms with Crippen molar-refractivity contribution in [2.75, 3.05) is 4.90 Å². The number of hydrogen-bond donors (Lipinski definition) is 0. The molecule has 0 N–H and O–H groups in total. The van der Waals surface area contributed by atoms with Crippen molar-refractivity contribution in [3.63, 3.8) is 0 Å². The number of benzene rings is 10. The van der Waals surface area contributed by atoms with Gasteiger partial charge in [-0.25, -0.2) is 0 Å². The number of hydrogen-bond acceptors (Lipinski definition) is 2. The van der Waals surface area contributed by atoms with E-state index < -0.39 is 5.41 Å². The van der Waals surface area contributed by atoms with Crippen LogP contribution in [0.1, 0.15) is 47.2 Å². The first-order valence-electron chi connectivity index (χ1n) is 23.0. The summed E-state index contributed by atoms with van der Waals surface area (Å²) in [5, 5.41) is 2.24. The van der Waals surface area contributed by atoms with E-state index in [1.54, 1.807) is 0 Å². The Kier molecular flexibility index (Phi) is 8.51. The predicted octanol–water partition coefficient (Wildman–Crippen LogP) is 17.1. The first kappa shape index (κ1) is 38.3. The van der Waals surface area contributed by atoms with E-state index >= 15 is 0 Å². The van der Waals surface area contributed by atoms with E-state index in [1.807, 2.05) is 0 Å². The van der Waals surface area contributed by atoms with Gasteiger partial charge in [0.25, 0.3) is 0 Å². The number of rotatable bonds is 7. The molecule has 0 radical (unpaired) electrons. The van der Waals surface area contributed by atoms with E-state index in [4.69, 9.17) is 4.42 Å². The van der Waals surface area contributed by atoms with E-state index in [-0.39, 0.29) is 5.41 Å². The molecule has 13 rings (SSSR count). The summed E-state index contributed by atoms with van der Waals surface area (Å²) in [5.41, 5.74) is 22.1. The van der Waals surface area contributed by atoms with Crippen molar-refractivity contribution in [3.8, 4) is 44.5 Å². The molecule has 66 heavy (non-hydrogen) atoms. The molecular formula is C64H45NO. The van der Waals surface area contributed by atoms with Crippen LogP contribution in [-0.2, 0) is 10.8 Å². The average Bonchev–Trinajstić information content (AvgIpc) is 3.98. The average molecular weight is 844 g/mol. The van der Waals surface area contributed by atoms with Crippen molar-refractivity contribution >= 4 is 39.0 Å². The van der Waals surface area contributed by atoms with Gasteiger partial charge in [-0.05, 0) is 127 Å². The standard InChI is InChI=1S/C64H45NO/c1-63(2)55-25-14-12-23-50(55)51-36-35-49(41-58(51)63)65(48-33-29-43(30-34-48)45-32-38-61-54(40-45)53-39-44(31-37-60(53)66-61)42-17-6-3-7-18-42)59-28-16-27-57-62(59)52-24-13-15-26-56(52)64(57,46-19-8-4-9-20-46)47-21-10-5-11-22-47/h3-41H,1-2H3. The summed E-state index contributed by atoms with van der Waals surface area (Å²) >= 11 is 0. The summed E-state index contributed by atoms with van der Waals surface area (Å²) in [4.78, 5) is 2.50. The van der Waals surface area contributed by atoms with Gasteiger partial charge < -0.3 is 9.32 Å². The predicted molar refractivity (Wildman–Crippen MR) is 274 cm³/mol. The van der Waals surface area contributed by atoms with Crippen LogP contribution < -0.4 is 4.90 Å². The molecule has 0 atom stereocenters. The molecule has 0 aliphatic heterocycles. The van der Waals surface area contributed by atoms with Gasteiger partial charge in [-0.2, -0.15) is 0 Å². The molecule has 0 saturated heterocycles. The molecule has 11 aromatic rings. The molecule has 0 amide bonds. The number of fused-ring (bicyclic) bond motifs is 9. The van der Waals surface area contributed by atoms with Gasteiger partial charge in [0.1, 0.15) is 11.2 Å². The zero-order valence-corrected chi connectivity index (χ0v) is 36.9. The number of furan rings is 1. The van der Waals surface area contributed by atoms with Gasteiger partial charge in [-0.3, -0.25) is 0 Å². The molecule has 2 nitrogen and oxygen atoms in total. The number of nitrogens with zero attached hydrogens (tertiary/aromatic N) is 1. The van der Waals surface area contributed by atoms with Crippen LogP contribution in [0.25, 0.3) is 66.4 Å². The SMILES string of the molecule is CC1(C)c2ccccc2-c2ccc(N(c3ccc(-c4ccc5oc6ccc(-c7ccccc7)cc6c5c4)cc3)c3cccc4c3-c3ccccc3C4(c3ccccc3)c3ccccc3)cc21. The molecule has 0 saturated carbocycles. The first-order chi connectivity index (χ1) is 32.5. The summed E-state index contributed by atoms with van der Waals surface area (Å²) in [6, 6.07) is 87.0. The van der Waals surface area contributed by atoms with Crippen molar-refractivity contribution in [2.45, 2.75) is 24.7 Å².